The molecule has 2 rings (SSSR count). The molecule has 0 aliphatic heterocycles. The van der Waals surface area contributed by atoms with E-state index in [1.165, 1.54) is 6.92 Å². The van der Waals surface area contributed by atoms with Crippen LogP contribution in [0.3, 0.4) is 0 Å². The van der Waals surface area contributed by atoms with Crippen LogP contribution in [0.4, 0.5) is 17.2 Å². The van der Waals surface area contributed by atoms with Crippen LogP contribution in [-0.2, 0) is 9.53 Å². The summed E-state index contributed by atoms with van der Waals surface area (Å²) >= 11 is 0. The standard InChI is InChI=1S/C18H22N4O3/c1-13(23)21-15-4-6-16(7-5-15)22-17-12-14(8-10-19-17)18(24)20-9-3-11-25-2/h4-8,10,12H,3,9,11H2,1-2H3,(H,19,22)(H,20,24)(H,21,23). The predicted octanol–water partition coefficient (Wildman–Crippen LogP) is 2.55. The van der Waals surface area contributed by atoms with Crippen LogP contribution < -0.4 is 16.0 Å². The average Bonchev–Trinajstić information content (AvgIpc) is 2.60. The minimum Gasteiger partial charge on any atom is -0.385 e. The number of pyridine rings is 1. The van der Waals surface area contributed by atoms with Crippen LogP contribution in [-0.4, -0.2) is 37.1 Å². The maximum atomic E-state index is 12.1. The zero-order chi connectivity index (χ0) is 18.1. The van der Waals surface area contributed by atoms with E-state index in [1.54, 1.807) is 37.6 Å². The molecule has 2 aromatic rings. The number of benzene rings is 1. The third-order valence-electron chi connectivity index (χ3n) is 3.31. The van der Waals surface area contributed by atoms with Gasteiger partial charge in [0.1, 0.15) is 5.82 Å². The van der Waals surface area contributed by atoms with Gasteiger partial charge in [-0.2, -0.15) is 0 Å². The van der Waals surface area contributed by atoms with E-state index < -0.39 is 0 Å². The van der Waals surface area contributed by atoms with Crippen LogP contribution >= 0.6 is 0 Å². The highest BCUT2D eigenvalue weighted by Gasteiger charge is 2.06. The molecule has 1 aromatic carbocycles. The van der Waals surface area contributed by atoms with Gasteiger partial charge >= 0.3 is 0 Å². The van der Waals surface area contributed by atoms with Crippen molar-refractivity contribution in [3.05, 3.63) is 48.2 Å². The Morgan fingerprint density at radius 1 is 1.12 bits per heavy atom. The number of carbonyl (C=O) groups excluding carboxylic acids is 2. The largest absolute Gasteiger partial charge is 0.385 e. The fourth-order valence-electron chi connectivity index (χ4n) is 2.15. The van der Waals surface area contributed by atoms with Gasteiger partial charge in [0.25, 0.3) is 5.91 Å². The fraction of sp³-hybridized carbons (Fsp3) is 0.278. The number of amides is 2. The van der Waals surface area contributed by atoms with Crippen molar-refractivity contribution in [3.8, 4) is 0 Å². The summed E-state index contributed by atoms with van der Waals surface area (Å²) in [5.41, 5.74) is 2.05. The van der Waals surface area contributed by atoms with Gasteiger partial charge in [-0.1, -0.05) is 0 Å². The Kier molecular flexibility index (Phi) is 6.91. The highest BCUT2D eigenvalue weighted by atomic mass is 16.5. The summed E-state index contributed by atoms with van der Waals surface area (Å²) in [6.07, 6.45) is 2.34. The summed E-state index contributed by atoms with van der Waals surface area (Å²) in [6.45, 7) is 2.63. The fourth-order valence-corrected chi connectivity index (χ4v) is 2.15. The Balaban J connectivity index is 1.96. The maximum absolute atomic E-state index is 12.1. The van der Waals surface area contributed by atoms with Crippen molar-refractivity contribution in [2.24, 2.45) is 0 Å². The molecule has 0 unspecified atom stereocenters. The van der Waals surface area contributed by atoms with Crippen LogP contribution in [0.5, 0.6) is 0 Å². The van der Waals surface area contributed by atoms with Gasteiger partial charge in [-0.25, -0.2) is 4.98 Å². The molecule has 0 saturated carbocycles. The molecule has 25 heavy (non-hydrogen) atoms. The van der Waals surface area contributed by atoms with Crippen LogP contribution in [0.2, 0.25) is 0 Å². The van der Waals surface area contributed by atoms with Crippen molar-refractivity contribution in [2.75, 3.05) is 30.9 Å². The van der Waals surface area contributed by atoms with Crippen molar-refractivity contribution in [2.45, 2.75) is 13.3 Å². The molecule has 1 heterocycles. The van der Waals surface area contributed by atoms with Gasteiger partial charge in [-0.15, -0.1) is 0 Å². The number of carbonyl (C=O) groups is 2. The summed E-state index contributed by atoms with van der Waals surface area (Å²) in [5.74, 6) is 0.297. The van der Waals surface area contributed by atoms with Crippen LogP contribution in [0.1, 0.15) is 23.7 Å². The lowest BCUT2D eigenvalue weighted by Gasteiger charge is -2.09. The van der Waals surface area contributed by atoms with E-state index in [-0.39, 0.29) is 11.8 Å². The smallest absolute Gasteiger partial charge is 0.251 e. The van der Waals surface area contributed by atoms with Crippen molar-refractivity contribution in [1.82, 2.24) is 10.3 Å². The molecule has 0 radical (unpaired) electrons. The molecule has 132 valence electrons. The molecule has 7 heteroatoms. The lowest BCUT2D eigenvalue weighted by Crippen LogP contribution is -2.25. The van der Waals surface area contributed by atoms with Crippen LogP contribution in [0.25, 0.3) is 0 Å². The normalized spacial score (nSPS) is 10.2. The van der Waals surface area contributed by atoms with Gasteiger partial charge < -0.3 is 20.7 Å². The maximum Gasteiger partial charge on any atom is 0.251 e. The van der Waals surface area contributed by atoms with E-state index in [2.05, 4.69) is 20.9 Å². The predicted molar refractivity (Wildman–Crippen MR) is 97.1 cm³/mol. The quantitative estimate of drug-likeness (QED) is 0.641. The summed E-state index contributed by atoms with van der Waals surface area (Å²) < 4.78 is 4.95. The molecule has 7 nitrogen and oxygen atoms in total. The third kappa shape index (κ3) is 6.23. The van der Waals surface area contributed by atoms with Gasteiger partial charge in [0.2, 0.25) is 5.91 Å². The number of aromatic nitrogens is 1. The Labute approximate surface area is 146 Å². The minimum atomic E-state index is -0.150. The first-order chi connectivity index (χ1) is 12.1. The molecular formula is C18H22N4O3. The second-order valence-corrected chi connectivity index (χ2v) is 5.42. The van der Waals surface area contributed by atoms with Crippen LogP contribution in [0.15, 0.2) is 42.6 Å². The first-order valence-corrected chi connectivity index (χ1v) is 7.96. The topological polar surface area (TPSA) is 92.3 Å². The lowest BCUT2D eigenvalue weighted by molar-refractivity contribution is -0.114. The molecular weight excluding hydrogens is 320 g/mol. The second-order valence-electron chi connectivity index (χ2n) is 5.42. The van der Waals surface area contributed by atoms with Gasteiger partial charge in [0, 0.05) is 50.3 Å². The zero-order valence-electron chi connectivity index (χ0n) is 14.3. The average molecular weight is 342 g/mol. The highest BCUT2D eigenvalue weighted by molar-refractivity contribution is 5.95. The molecule has 0 aliphatic rings. The zero-order valence-corrected chi connectivity index (χ0v) is 14.3. The molecule has 2 amide bonds. The Bertz CT molecular complexity index is 717. The molecule has 0 spiro atoms. The van der Waals surface area contributed by atoms with E-state index in [0.717, 1.165) is 17.8 Å². The van der Waals surface area contributed by atoms with Gasteiger partial charge in [0.15, 0.2) is 0 Å². The van der Waals surface area contributed by atoms with Crippen molar-refractivity contribution >= 4 is 29.0 Å². The number of ether oxygens (including phenoxy) is 1. The van der Waals surface area contributed by atoms with Gasteiger partial charge in [-0.05, 0) is 42.8 Å². The number of anilines is 3. The summed E-state index contributed by atoms with van der Waals surface area (Å²) in [4.78, 5) is 27.3. The molecule has 1 aromatic heterocycles. The first kappa shape index (κ1) is 18.4. The number of nitrogens with zero attached hydrogens (tertiary/aromatic N) is 1. The Hall–Kier alpha value is -2.93. The van der Waals surface area contributed by atoms with Gasteiger partial charge in [0.05, 0.1) is 0 Å². The van der Waals surface area contributed by atoms with Crippen LogP contribution in [0, 0.1) is 0 Å². The number of hydrogen-bond donors (Lipinski definition) is 3. The van der Waals surface area contributed by atoms with E-state index >= 15 is 0 Å². The highest BCUT2D eigenvalue weighted by Crippen LogP contribution is 2.18. The molecule has 0 atom stereocenters. The molecule has 0 aliphatic carbocycles. The second kappa shape index (κ2) is 9.39. The van der Waals surface area contributed by atoms with Crippen molar-refractivity contribution in [1.29, 1.82) is 0 Å². The lowest BCUT2D eigenvalue weighted by atomic mass is 10.2. The number of hydrogen-bond acceptors (Lipinski definition) is 5. The number of methoxy groups -OCH3 is 1. The molecule has 0 fully saturated rings. The minimum absolute atomic E-state index is 0.119. The SMILES string of the molecule is COCCCNC(=O)c1ccnc(Nc2ccc(NC(C)=O)cc2)c1. The summed E-state index contributed by atoms with van der Waals surface area (Å²) in [5, 5.41) is 8.67. The number of nitrogens with one attached hydrogen (secondary N) is 3. The van der Waals surface area contributed by atoms with Crippen molar-refractivity contribution in [3.63, 3.8) is 0 Å². The van der Waals surface area contributed by atoms with E-state index in [4.69, 9.17) is 4.74 Å². The molecule has 0 saturated heterocycles. The van der Waals surface area contributed by atoms with E-state index in [0.29, 0.717) is 24.5 Å². The number of rotatable bonds is 8. The van der Waals surface area contributed by atoms with Gasteiger partial charge in [-0.3, -0.25) is 9.59 Å². The Morgan fingerprint density at radius 3 is 2.52 bits per heavy atom. The van der Waals surface area contributed by atoms with Crippen molar-refractivity contribution < 1.29 is 14.3 Å². The molecule has 3 N–H and O–H groups in total. The summed E-state index contributed by atoms with van der Waals surface area (Å²) in [6, 6.07) is 10.6. The third-order valence-corrected chi connectivity index (χ3v) is 3.31. The Morgan fingerprint density at radius 2 is 1.84 bits per heavy atom. The van der Waals surface area contributed by atoms with E-state index in [1.807, 2.05) is 12.1 Å². The first-order valence-electron chi connectivity index (χ1n) is 7.96. The molecule has 0 bridgehead atoms. The van der Waals surface area contributed by atoms with E-state index in [9.17, 15) is 9.59 Å². The summed E-state index contributed by atoms with van der Waals surface area (Å²) in [7, 11) is 1.63. The monoisotopic (exact) mass is 342 g/mol.